The van der Waals surface area contributed by atoms with Crippen molar-refractivity contribution >= 4 is 21.8 Å². The van der Waals surface area contributed by atoms with Gasteiger partial charge in [-0.15, -0.1) is 0 Å². The standard InChI is InChI=1S/C26H33N3O4S/c1-18(19-13-15-22(16-14-19)34(32,33)28(2)3)27-25(30)24-17-21-11-7-8-12-23(21)29(24)26(31)20-9-5-4-6-10-20/h4-6,9-10,13-16,18,21,23-24H,7-8,11-12,17H2,1-3H3,(H,27,30). The Morgan fingerprint density at radius 2 is 1.65 bits per heavy atom. The van der Waals surface area contributed by atoms with Gasteiger partial charge in [-0.1, -0.05) is 43.2 Å². The monoisotopic (exact) mass is 483 g/mol. The van der Waals surface area contributed by atoms with Crippen molar-refractivity contribution < 1.29 is 18.0 Å². The Kier molecular flexibility index (Phi) is 7.09. The number of rotatable bonds is 6. The lowest BCUT2D eigenvalue weighted by Crippen LogP contribution is -2.50. The van der Waals surface area contributed by atoms with E-state index < -0.39 is 16.1 Å². The maximum absolute atomic E-state index is 13.4. The first-order valence-corrected chi connectivity index (χ1v) is 13.3. The summed E-state index contributed by atoms with van der Waals surface area (Å²) in [6.07, 6.45) is 4.88. The van der Waals surface area contributed by atoms with Gasteiger partial charge in [0.2, 0.25) is 15.9 Å². The number of nitrogens with zero attached hydrogens (tertiary/aromatic N) is 2. The SMILES string of the molecule is CC(NC(=O)C1CC2CCCCC2N1C(=O)c1ccccc1)c1ccc(S(=O)(=O)N(C)C)cc1. The van der Waals surface area contributed by atoms with Gasteiger partial charge in [0.05, 0.1) is 10.9 Å². The van der Waals surface area contributed by atoms with Crippen LogP contribution in [0.4, 0.5) is 0 Å². The van der Waals surface area contributed by atoms with Gasteiger partial charge in [-0.05, 0) is 61.9 Å². The number of hydrogen-bond donors (Lipinski definition) is 1. The molecule has 0 bridgehead atoms. The minimum absolute atomic E-state index is 0.0824. The summed E-state index contributed by atoms with van der Waals surface area (Å²) in [6, 6.07) is 15.0. The van der Waals surface area contributed by atoms with Crippen molar-refractivity contribution in [2.75, 3.05) is 14.1 Å². The third-order valence-electron chi connectivity index (χ3n) is 7.16. The molecule has 34 heavy (non-hydrogen) atoms. The summed E-state index contributed by atoms with van der Waals surface area (Å²) in [5.41, 5.74) is 1.42. The molecule has 182 valence electrons. The van der Waals surface area contributed by atoms with Crippen LogP contribution in [-0.4, -0.2) is 55.6 Å². The number of amides is 2. The van der Waals surface area contributed by atoms with Crippen molar-refractivity contribution in [3.63, 3.8) is 0 Å². The molecule has 4 atom stereocenters. The van der Waals surface area contributed by atoms with Gasteiger partial charge in [0.25, 0.3) is 5.91 Å². The minimum atomic E-state index is -3.51. The minimum Gasteiger partial charge on any atom is -0.348 e. The molecule has 2 aromatic rings. The number of benzene rings is 2. The van der Waals surface area contributed by atoms with Gasteiger partial charge in [0.1, 0.15) is 6.04 Å². The van der Waals surface area contributed by atoms with Gasteiger partial charge in [-0.25, -0.2) is 12.7 Å². The molecule has 1 heterocycles. The number of likely N-dealkylation sites (tertiary alicyclic amines) is 1. The number of hydrogen-bond acceptors (Lipinski definition) is 4. The van der Waals surface area contributed by atoms with Gasteiger partial charge in [-0.3, -0.25) is 9.59 Å². The predicted molar refractivity (Wildman–Crippen MR) is 131 cm³/mol. The van der Waals surface area contributed by atoms with Crippen LogP contribution in [0, 0.1) is 5.92 Å². The van der Waals surface area contributed by atoms with E-state index in [1.165, 1.54) is 18.4 Å². The average Bonchev–Trinajstić information content (AvgIpc) is 3.24. The highest BCUT2D eigenvalue weighted by atomic mass is 32.2. The Bertz CT molecular complexity index is 1130. The highest BCUT2D eigenvalue weighted by molar-refractivity contribution is 7.89. The van der Waals surface area contributed by atoms with Crippen molar-refractivity contribution in [1.29, 1.82) is 0 Å². The Morgan fingerprint density at radius 1 is 1.00 bits per heavy atom. The average molecular weight is 484 g/mol. The molecule has 1 aliphatic heterocycles. The van der Waals surface area contributed by atoms with Crippen molar-refractivity contribution in [2.24, 2.45) is 5.92 Å². The largest absolute Gasteiger partial charge is 0.348 e. The third-order valence-corrected chi connectivity index (χ3v) is 8.99. The summed E-state index contributed by atoms with van der Waals surface area (Å²) < 4.78 is 25.8. The summed E-state index contributed by atoms with van der Waals surface area (Å²) in [5, 5.41) is 3.07. The molecule has 1 saturated carbocycles. The first-order valence-electron chi connectivity index (χ1n) is 11.9. The normalized spacial score (nSPS) is 23.4. The Hall–Kier alpha value is -2.71. The second-order valence-corrected chi connectivity index (χ2v) is 11.7. The fourth-order valence-corrected chi connectivity index (χ4v) is 6.15. The quantitative estimate of drug-likeness (QED) is 0.680. The predicted octanol–water partition coefficient (Wildman–Crippen LogP) is 3.59. The molecule has 8 heteroatoms. The molecule has 1 aliphatic carbocycles. The Balaban J connectivity index is 1.52. The zero-order chi connectivity index (χ0) is 24.5. The molecular formula is C26H33N3O4S. The van der Waals surface area contributed by atoms with Crippen LogP contribution in [0.3, 0.4) is 0 Å². The van der Waals surface area contributed by atoms with Crippen molar-refractivity contribution in [1.82, 2.24) is 14.5 Å². The molecule has 0 aromatic heterocycles. The summed E-state index contributed by atoms with van der Waals surface area (Å²) in [7, 11) is -0.521. The molecule has 0 spiro atoms. The molecule has 2 amide bonds. The van der Waals surface area contributed by atoms with E-state index in [0.717, 1.165) is 31.2 Å². The smallest absolute Gasteiger partial charge is 0.254 e. The van der Waals surface area contributed by atoms with Crippen LogP contribution in [0.15, 0.2) is 59.5 Å². The number of fused-ring (bicyclic) bond motifs is 1. The van der Waals surface area contributed by atoms with E-state index >= 15 is 0 Å². The molecule has 2 aromatic carbocycles. The van der Waals surface area contributed by atoms with Crippen LogP contribution in [0.5, 0.6) is 0 Å². The maximum Gasteiger partial charge on any atom is 0.254 e. The molecular weight excluding hydrogens is 450 g/mol. The number of sulfonamides is 1. The summed E-state index contributed by atoms with van der Waals surface area (Å²) in [5.74, 6) is 0.111. The molecule has 7 nitrogen and oxygen atoms in total. The summed E-state index contributed by atoms with van der Waals surface area (Å²) in [4.78, 5) is 28.9. The lowest BCUT2D eigenvalue weighted by Gasteiger charge is -2.34. The first-order chi connectivity index (χ1) is 16.2. The van der Waals surface area contributed by atoms with Crippen molar-refractivity contribution in [3.8, 4) is 0 Å². The molecule has 4 unspecified atom stereocenters. The fraction of sp³-hybridized carbons (Fsp3) is 0.462. The zero-order valence-corrected chi connectivity index (χ0v) is 20.8. The molecule has 1 N–H and O–H groups in total. The molecule has 4 rings (SSSR count). The molecule has 1 saturated heterocycles. The van der Waals surface area contributed by atoms with Gasteiger partial charge in [0.15, 0.2) is 0 Å². The topological polar surface area (TPSA) is 86.8 Å². The van der Waals surface area contributed by atoms with E-state index in [9.17, 15) is 18.0 Å². The molecule has 0 radical (unpaired) electrons. The first kappa shape index (κ1) is 24.4. The third kappa shape index (κ3) is 4.74. The van der Waals surface area contributed by atoms with Crippen LogP contribution < -0.4 is 5.32 Å². The van der Waals surface area contributed by atoms with Gasteiger partial charge >= 0.3 is 0 Å². The lowest BCUT2D eigenvalue weighted by molar-refractivity contribution is -0.125. The second kappa shape index (κ2) is 9.88. The highest BCUT2D eigenvalue weighted by Gasteiger charge is 2.47. The van der Waals surface area contributed by atoms with E-state index in [-0.39, 0.29) is 28.8 Å². The van der Waals surface area contributed by atoms with Crippen LogP contribution in [0.2, 0.25) is 0 Å². The van der Waals surface area contributed by atoms with Gasteiger partial charge in [-0.2, -0.15) is 0 Å². The van der Waals surface area contributed by atoms with E-state index in [0.29, 0.717) is 17.9 Å². The molecule has 2 aliphatic rings. The van der Waals surface area contributed by atoms with Crippen molar-refractivity contribution in [2.45, 2.75) is 62.0 Å². The van der Waals surface area contributed by atoms with E-state index in [1.807, 2.05) is 30.0 Å². The number of carbonyl (C=O) groups excluding carboxylic acids is 2. The molecule has 2 fully saturated rings. The van der Waals surface area contributed by atoms with Crippen LogP contribution in [-0.2, 0) is 14.8 Å². The lowest BCUT2D eigenvalue weighted by atomic mass is 9.84. The van der Waals surface area contributed by atoms with Crippen LogP contribution in [0.25, 0.3) is 0 Å². The second-order valence-electron chi connectivity index (χ2n) is 9.53. The number of nitrogens with one attached hydrogen (secondary N) is 1. The maximum atomic E-state index is 13.4. The fourth-order valence-electron chi connectivity index (χ4n) is 5.25. The van der Waals surface area contributed by atoms with Crippen LogP contribution in [0.1, 0.15) is 61.0 Å². The zero-order valence-electron chi connectivity index (χ0n) is 20.0. The highest BCUT2D eigenvalue weighted by Crippen LogP contribution is 2.40. The summed E-state index contributed by atoms with van der Waals surface area (Å²) in [6.45, 7) is 1.87. The Labute approximate surface area is 202 Å². The van der Waals surface area contributed by atoms with E-state index in [4.69, 9.17) is 0 Å². The van der Waals surface area contributed by atoms with E-state index in [1.54, 1.807) is 36.4 Å². The Morgan fingerprint density at radius 3 is 2.29 bits per heavy atom. The summed E-state index contributed by atoms with van der Waals surface area (Å²) >= 11 is 0. The number of carbonyl (C=O) groups is 2. The van der Waals surface area contributed by atoms with Crippen LogP contribution >= 0.6 is 0 Å². The van der Waals surface area contributed by atoms with Gasteiger partial charge in [0, 0.05) is 25.7 Å². The van der Waals surface area contributed by atoms with Gasteiger partial charge < -0.3 is 10.2 Å². The van der Waals surface area contributed by atoms with E-state index in [2.05, 4.69) is 5.32 Å². The van der Waals surface area contributed by atoms with Crippen molar-refractivity contribution in [3.05, 3.63) is 65.7 Å².